The Morgan fingerprint density at radius 2 is 0.648 bits per heavy atom. The summed E-state index contributed by atoms with van der Waals surface area (Å²) in [5, 5.41) is -0.589. The minimum absolute atomic E-state index is 0.00729. The summed E-state index contributed by atoms with van der Waals surface area (Å²) >= 11 is 0. The van der Waals surface area contributed by atoms with Gasteiger partial charge in [0.25, 0.3) is 6.71 Å². The number of hydrogen-bond donors (Lipinski definition) is 0. The Labute approximate surface area is 686 Å². The lowest BCUT2D eigenvalue weighted by Gasteiger charge is -2.45. The van der Waals surface area contributed by atoms with E-state index in [2.05, 4.69) is 59.7 Å². The highest BCUT2D eigenvalue weighted by Gasteiger charge is 2.46. The Hall–Kier alpha value is -9.90. The van der Waals surface area contributed by atoms with E-state index < -0.39 is 246 Å². The van der Waals surface area contributed by atoms with E-state index in [0.29, 0.717) is 16.6 Å². The van der Waals surface area contributed by atoms with Crippen LogP contribution < -0.4 is 26.2 Å². The molecule has 0 radical (unpaired) electrons. The topological polar surface area (TPSA) is 11.4 Å². The van der Waals surface area contributed by atoms with Crippen molar-refractivity contribution in [1.29, 1.82) is 0 Å². The van der Waals surface area contributed by atoms with Gasteiger partial charge in [0.15, 0.2) is 0 Å². The quantitative estimate of drug-likeness (QED) is 0.141. The Balaban J connectivity index is 1.29. The predicted molar refractivity (Wildman–Crippen MR) is 472 cm³/mol. The normalized spacial score (nSPS) is 17.3. The minimum atomic E-state index is -1.28. The lowest BCUT2D eigenvalue weighted by atomic mass is 9.33. The maximum Gasteiger partial charge on any atom is 0.252 e. The summed E-state index contributed by atoms with van der Waals surface area (Å²) in [4.78, 5) is 3.18. The maximum atomic E-state index is 11.0. The summed E-state index contributed by atoms with van der Waals surface area (Å²) in [6.45, 7) is 43.0. The Bertz CT molecular complexity index is 7220. The van der Waals surface area contributed by atoms with Crippen LogP contribution in [0.2, 0.25) is 0 Å². The summed E-state index contributed by atoms with van der Waals surface area (Å²) in [6, 6.07) is 3.98. The van der Waals surface area contributed by atoms with Crippen LogP contribution in [0.4, 0.5) is 34.1 Å². The molecule has 3 heterocycles. The molecule has 0 spiro atoms. The SMILES string of the molecule is [2H]c1c([2H])c(-c2c([2H])c([2H])c(C(C)(C)C)c([2H])c2[2H])c(N2c3ccc(-c4cc(C(C)(C)C)cc(C(C)(C)C)c4)cc3B3c4ccc(-n5c6c([2H])c([2H])c([2H])c([2H])c6c6c([2H])c([2H])c([2H])c([2H])c65)cc4N(c4c(-c5c([2H])c([2H])c(C(C)(C)C)c([2H])c5[2H])c([2H])c([2H])c([2H])c4-c4c([2H])c(C(C)(C)C)c([2H])c(C(C)(C)C)c4[2H])c4cccc2c43)c(-c2c([2H])c(C(C)(C)C)c([2H])c(C(C)(C)C)c2[2H])c1[2H]. The predicted octanol–water partition coefficient (Wildman–Crippen LogP) is 27.6. The Morgan fingerprint density at radius 3 is 1.05 bits per heavy atom. The van der Waals surface area contributed by atoms with E-state index in [-0.39, 0.29) is 123 Å². The molecule has 0 atom stereocenters. The molecule has 546 valence electrons. The molecular formula is C104H112BN3. The zero-order chi connectivity index (χ0) is 101. The fraction of sp³-hybridized carbons (Fsp3) is 0.308. The molecule has 0 unspecified atom stereocenters. The number of hydrogen-bond acceptors (Lipinski definition) is 2. The van der Waals surface area contributed by atoms with Crippen molar-refractivity contribution >= 4 is 79.0 Å². The van der Waals surface area contributed by atoms with Crippen LogP contribution in [0.1, 0.15) is 249 Å². The van der Waals surface area contributed by atoms with Crippen LogP contribution in [-0.2, 0) is 43.3 Å². The maximum absolute atomic E-state index is 11.0. The number of para-hydroxylation sites is 4. The molecule has 0 amide bonds. The fourth-order valence-electron chi connectivity index (χ4n) is 14.3. The van der Waals surface area contributed by atoms with Crippen LogP contribution in [0, 0.1) is 0 Å². The number of nitrogens with zero attached hydrogens (tertiary/aromatic N) is 3. The third-order valence-electron chi connectivity index (χ3n) is 20.7. The zero-order valence-electron chi connectivity index (χ0n) is 94.8. The van der Waals surface area contributed by atoms with Crippen molar-refractivity contribution < 1.29 is 38.4 Å². The molecule has 2 aliphatic rings. The summed E-state index contributed by atoms with van der Waals surface area (Å²) in [5.41, 5.74) is -8.49. The molecule has 3 nitrogen and oxygen atoms in total. The number of anilines is 6. The van der Waals surface area contributed by atoms with E-state index in [1.165, 1.54) is 9.47 Å². The largest absolute Gasteiger partial charge is 0.310 e. The molecule has 0 bridgehead atoms. The van der Waals surface area contributed by atoms with Crippen LogP contribution in [0.5, 0.6) is 0 Å². The second-order valence-corrected chi connectivity index (χ2v) is 37.4. The van der Waals surface area contributed by atoms with Crippen molar-refractivity contribution in [3.05, 3.63) is 286 Å². The van der Waals surface area contributed by atoms with Gasteiger partial charge in [-0.3, -0.25) is 0 Å². The summed E-state index contributed by atoms with van der Waals surface area (Å²) in [6.07, 6.45) is 0. The van der Waals surface area contributed by atoms with Crippen LogP contribution in [0.25, 0.3) is 83.1 Å². The van der Waals surface area contributed by atoms with Gasteiger partial charge in [-0.2, -0.15) is 0 Å². The van der Waals surface area contributed by atoms with Crippen molar-refractivity contribution in [2.75, 3.05) is 9.80 Å². The van der Waals surface area contributed by atoms with Crippen molar-refractivity contribution in [3.63, 3.8) is 0 Å². The van der Waals surface area contributed by atoms with Gasteiger partial charge in [0, 0.05) is 61.5 Å². The molecule has 0 fully saturated rings. The van der Waals surface area contributed by atoms with Crippen LogP contribution in [0.3, 0.4) is 0 Å². The number of fused-ring (bicyclic) bond motifs is 7. The molecule has 108 heavy (non-hydrogen) atoms. The summed E-state index contributed by atoms with van der Waals surface area (Å²) in [5.74, 6) is 0. The number of benzene rings is 12. The fourth-order valence-corrected chi connectivity index (χ4v) is 14.3. The molecule has 12 aromatic carbocycles. The highest BCUT2D eigenvalue weighted by molar-refractivity contribution is 7.00. The molecule has 0 saturated heterocycles. The molecular weight excluding hydrogens is 1300 g/mol. The lowest BCUT2D eigenvalue weighted by molar-refractivity contribution is 0.568. The lowest BCUT2D eigenvalue weighted by Crippen LogP contribution is -2.61. The van der Waals surface area contributed by atoms with Gasteiger partial charge in [-0.25, -0.2) is 0 Å². The minimum Gasteiger partial charge on any atom is -0.310 e. The van der Waals surface area contributed by atoms with E-state index >= 15 is 0 Å². The third kappa shape index (κ3) is 13.3. The molecule has 13 aromatic rings. The first-order valence-electron chi connectivity index (χ1n) is 51.3. The molecule has 15 rings (SSSR count). The summed E-state index contributed by atoms with van der Waals surface area (Å²) < 4.78 is 288. The van der Waals surface area contributed by atoms with E-state index in [1.54, 1.807) is 172 Å². The van der Waals surface area contributed by atoms with Gasteiger partial charge in [0.2, 0.25) is 0 Å². The number of aromatic nitrogens is 1. The van der Waals surface area contributed by atoms with E-state index in [1.807, 2.05) is 12.1 Å². The van der Waals surface area contributed by atoms with Crippen LogP contribution in [-0.4, -0.2) is 11.3 Å². The standard InChI is InChI=1S/C104H112BN3/c1-97(2,3)71-47-42-65(43-48-71)80-34-29-36-82(69-56-75(101(13,14)15)62-76(57-69)102(16,17)18)95(80)107-90-53-46-67(68-54-73(99(7,8)9)61-74(55-68)100(10,11)12)60-87(90)105-86-52-51-79(106-88-38-27-25-32-84(88)85-33-26-28-39-89(85)106)64-93(86)108(92-41-31-40-91(107)94(92)105)96-81(66-44-49-72(50-45-66)98(4,5)6)35-30-37-83(96)70-58-77(103(19,20)21)63-78(59-70)104(22,23)24/h25-64H,1-24H3/i25D,26D,27D,28D,29D,30D,32D,33D,34D,35D,36D,37D,38D,39D,42D,43D,44D,45D,47D,48D,49D,50D,56D,57D,58D,59D,62D,63D. The molecule has 4 heteroatoms. The molecule has 0 saturated carbocycles. The average molecular weight is 1440 g/mol. The van der Waals surface area contributed by atoms with Gasteiger partial charge in [-0.1, -0.05) is 366 Å². The average Bonchev–Trinajstić information content (AvgIpc) is 1.36. The van der Waals surface area contributed by atoms with Crippen molar-refractivity contribution in [3.8, 4) is 61.3 Å². The van der Waals surface area contributed by atoms with Gasteiger partial charge in [-0.05, 0) is 180 Å². The molecule has 2 aliphatic heterocycles. The van der Waals surface area contributed by atoms with Crippen LogP contribution in [0.15, 0.2) is 242 Å². The van der Waals surface area contributed by atoms with E-state index in [9.17, 15) is 38.4 Å². The monoisotopic (exact) mass is 1440 g/mol. The van der Waals surface area contributed by atoms with E-state index in [0.717, 1.165) is 11.1 Å². The Morgan fingerprint density at radius 1 is 0.269 bits per heavy atom. The van der Waals surface area contributed by atoms with E-state index in [4.69, 9.17) is 0 Å². The Kier molecular flexibility index (Phi) is 11.3. The first-order valence-corrected chi connectivity index (χ1v) is 37.3. The van der Waals surface area contributed by atoms with Gasteiger partial charge < -0.3 is 14.4 Å². The number of rotatable bonds is 8. The van der Waals surface area contributed by atoms with Gasteiger partial charge in [0.05, 0.1) is 60.8 Å². The third-order valence-corrected chi connectivity index (χ3v) is 20.7. The molecule has 1 aromatic heterocycles. The van der Waals surface area contributed by atoms with Gasteiger partial charge >= 0.3 is 0 Å². The van der Waals surface area contributed by atoms with Gasteiger partial charge in [-0.15, -0.1) is 0 Å². The second-order valence-electron chi connectivity index (χ2n) is 37.4. The highest BCUT2D eigenvalue weighted by Crippen LogP contribution is 2.55. The van der Waals surface area contributed by atoms with Crippen molar-refractivity contribution in [2.45, 2.75) is 209 Å². The summed E-state index contributed by atoms with van der Waals surface area (Å²) in [7, 11) is 0. The first-order chi connectivity index (χ1) is 62.3. The molecule has 0 aliphatic carbocycles. The van der Waals surface area contributed by atoms with Crippen molar-refractivity contribution in [1.82, 2.24) is 4.57 Å². The van der Waals surface area contributed by atoms with Crippen LogP contribution >= 0.6 is 0 Å². The zero-order valence-corrected chi connectivity index (χ0v) is 66.8. The second kappa shape index (κ2) is 25.9. The molecule has 0 N–H and O–H groups in total. The van der Waals surface area contributed by atoms with Crippen molar-refractivity contribution in [2.24, 2.45) is 0 Å². The highest BCUT2D eigenvalue weighted by atomic mass is 15.2. The first kappa shape index (κ1) is 47.1. The van der Waals surface area contributed by atoms with Gasteiger partial charge in [0.1, 0.15) is 0 Å². The smallest absolute Gasteiger partial charge is 0.252 e.